The molecular formula is C23H38F2O. The molecule has 150 valence electrons. The van der Waals surface area contributed by atoms with E-state index in [0.29, 0.717) is 30.3 Å². The molecule has 0 aromatic heterocycles. The topological polar surface area (TPSA) is 9.23 Å². The van der Waals surface area contributed by atoms with Crippen molar-refractivity contribution in [2.75, 3.05) is 6.61 Å². The summed E-state index contributed by atoms with van der Waals surface area (Å²) in [5, 5.41) is 0. The normalized spacial score (nSPS) is 52.2. The average molecular weight is 369 g/mol. The first kappa shape index (κ1) is 19.2. The Morgan fingerprint density at radius 2 is 1.19 bits per heavy atom. The molecule has 8 atom stereocenters. The zero-order chi connectivity index (χ0) is 18.3. The van der Waals surface area contributed by atoms with E-state index in [0.717, 1.165) is 44.4 Å². The van der Waals surface area contributed by atoms with Crippen molar-refractivity contribution in [2.24, 2.45) is 41.4 Å². The van der Waals surface area contributed by atoms with Crippen molar-refractivity contribution >= 4 is 0 Å². The van der Waals surface area contributed by atoms with Gasteiger partial charge in [0.15, 0.2) is 0 Å². The van der Waals surface area contributed by atoms with Crippen molar-refractivity contribution in [1.29, 1.82) is 0 Å². The molecule has 4 saturated carbocycles. The molecule has 0 N–H and O–H groups in total. The molecule has 0 saturated heterocycles. The Morgan fingerprint density at radius 3 is 1.85 bits per heavy atom. The highest BCUT2D eigenvalue weighted by Gasteiger charge is 2.53. The first-order chi connectivity index (χ1) is 12.6. The Hall–Kier alpha value is -0.180. The van der Waals surface area contributed by atoms with Crippen LogP contribution in [0, 0.1) is 41.4 Å². The summed E-state index contributed by atoms with van der Waals surface area (Å²) < 4.78 is 36.3. The molecule has 8 unspecified atom stereocenters. The van der Waals surface area contributed by atoms with E-state index in [9.17, 15) is 0 Å². The first-order valence-corrected chi connectivity index (χ1v) is 11.5. The number of fused-ring (bicyclic) bond motifs is 3. The zero-order valence-corrected chi connectivity index (χ0v) is 16.7. The van der Waals surface area contributed by atoms with Crippen LogP contribution in [-0.4, -0.2) is 25.1 Å². The van der Waals surface area contributed by atoms with Gasteiger partial charge in [0, 0.05) is 6.61 Å². The lowest BCUT2D eigenvalue weighted by Gasteiger charge is -2.53. The van der Waals surface area contributed by atoms with Gasteiger partial charge in [-0.25, -0.2) is 8.78 Å². The quantitative estimate of drug-likeness (QED) is 0.563. The summed E-state index contributed by atoms with van der Waals surface area (Å²) in [7, 11) is 0. The molecule has 0 aliphatic heterocycles. The number of alkyl halides is 2. The molecule has 4 rings (SSSR count). The van der Waals surface area contributed by atoms with E-state index in [-0.39, 0.29) is 17.9 Å². The van der Waals surface area contributed by atoms with Crippen LogP contribution in [0.25, 0.3) is 0 Å². The summed E-state index contributed by atoms with van der Waals surface area (Å²) in [5.41, 5.74) is 0. The van der Waals surface area contributed by atoms with Crippen LogP contribution >= 0.6 is 0 Å². The van der Waals surface area contributed by atoms with Gasteiger partial charge in [-0.2, -0.15) is 0 Å². The average Bonchev–Trinajstić information content (AvgIpc) is 2.65. The fourth-order valence-electron chi connectivity index (χ4n) is 7.35. The monoisotopic (exact) mass is 368 g/mol. The molecule has 26 heavy (non-hydrogen) atoms. The lowest BCUT2D eigenvalue weighted by Crippen LogP contribution is -2.52. The molecular weight excluding hydrogens is 330 g/mol. The third-order valence-corrected chi connectivity index (χ3v) is 8.73. The van der Waals surface area contributed by atoms with E-state index in [2.05, 4.69) is 6.92 Å². The van der Waals surface area contributed by atoms with E-state index in [1.165, 1.54) is 25.7 Å². The summed E-state index contributed by atoms with van der Waals surface area (Å²) in [6.07, 6.45) is 9.25. The van der Waals surface area contributed by atoms with Crippen molar-refractivity contribution in [1.82, 2.24) is 0 Å². The molecule has 0 bridgehead atoms. The van der Waals surface area contributed by atoms with E-state index >= 15 is 8.78 Å². The molecule has 0 aromatic carbocycles. The summed E-state index contributed by atoms with van der Waals surface area (Å²) in [4.78, 5) is 0. The summed E-state index contributed by atoms with van der Waals surface area (Å²) in [6.45, 7) is 4.90. The van der Waals surface area contributed by atoms with Crippen LogP contribution in [0.1, 0.15) is 78.1 Å². The van der Waals surface area contributed by atoms with Gasteiger partial charge in [-0.05, 0) is 99.7 Å². The first-order valence-electron chi connectivity index (χ1n) is 11.5. The van der Waals surface area contributed by atoms with Crippen LogP contribution in [0.3, 0.4) is 0 Å². The Labute approximate surface area is 158 Å². The Morgan fingerprint density at radius 1 is 0.654 bits per heavy atom. The lowest BCUT2D eigenvalue weighted by atomic mass is 9.53. The fraction of sp³-hybridized carbons (Fsp3) is 1.00. The molecule has 0 radical (unpaired) electrons. The highest BCUT2D eigenvalue weighted by atomic mass is 19.1. The van der Waals surface area contributed by atoms with Crippen LogP contribution in [0.15, 0.2) is 0 Å². The highest BCUT2D eigenvalue weighted by Crippen LogP contribution is 2.56. The van der Waals surface area contributed by atoms with Gasteiger partial charge in [-0.3, -0.25) is 0 Å². The zero-order valence-electron chi connectivity index (χ0n) is 16.7. The highest BCUT2D eigenvalue weighted by molar-refractivity contribution is 5.02. The van der Waals surface area contributed by atoms with Crippen LogP contribution in [0.5, 0.6) is 0 Å². The smallest absolute Gasteiger partial charge is 0.129 e. The van der Waals surface area contributed by atoms with Crippen molar-refractivity contribution in [3.8, 4) is 0 Å². The molecule has 0 spiro atoms. The number of ether oxygens (including phenoxy) is 1. The molecule has 0 aromatic rings. The molecule has 1 nitrogen and oxygen atoms in total. The number of hydrogen-bond donors (Lipinski definition) is 0. The van der Waals surface area contributed by atoms with Crippen molar-refractivity contribution in [3.05, 3.63) is 0 Å². The molecule has 0 amide bonds. The van der Waals surface area contributed by atoms with Gasteiger partial charge >= 0.3 is 0 Å². The number of rotatable bonds is 3. The maximum Gasteiger partial charge on any atom is 0.129 e. The maximum absolute atomic E-state index is 15.6. The third kappa shape index (κ3) is 3.47. The van der Waals surface area contributed by atoms with Crippen LogP contribution in [-0.2, 0) is 4.74 Å². The van der Waals surface area contributed by atoms with Crippen molar-refractivity contribution in [3.63, 3.8) is 0 Å². The van der Waals surface area contributed by atoms with E-state index in [4.69, 9.17) is 4.74 Å². The van der Waals surface area contributed by atoms with Gasteiger partial charge in [-0.1, -0.05) is 19.8 Å². The largest absolute Gasteiger partial charge is 0.375 e. The second-order valence-electron chi connectivity index (χ2n) is 9.95. The minimum atomic E-state index is -0.828. The summed E-state index contributed by atoms with van der Waals surface area (Å²) in [6, 6.07) is 0. The second-order valence-corrected chi connectivity index (χ2v) is 9.95. The number of halogens is 2. The van der Waals surface area contributed by atoms with Crippen molar-refractivity contribution < 1.29 is 13.5 Å². The predicted octanol–water partition coefficient (Wildman–Crippen LogP) is 6.36. The molecule has 0 heterocycles. The Balaban J connectivity index is 1.41. The lowest BCUT2D eigenvalue weighted by molar-refractivity contribution is -0.119. The van der Waals surface area contributed by atoms with Gasteiger partial charge in [0.25, 0.3) is 0 Å². The SMILES string of the molecule is CCOC1CCC2C(CCC3C(F)C(C4CCC(C)CC4)CCC32)C1F. The van der Waals surface area contributed by atoms with Crippen LogP contribution in [0.2, 0.25) is 0 Å². The maximum atomic E-state index is 15.6. The van der Waals surface area contributed by atoms with Gasteiger partial charge in [-0.15, -0.1) is 0 Å². The van der Waals surface area contributed by atoms with Crippen molar-refractivity contribution in [2.45, 2.75) is 96.5 Å². The third-order valence-electron chi connectivity index (χ3n) is 8.73. The predicted molar refractivity (Wildman–Crippen MR) is 101 cm³/mol. The Bertz CT molecular complexity index is 461. The minimum absolute atomic E-state index is 0.126. The standard InChI is InChI=1S/C23H38F2O/c1-3-26-21-13-12-18-17-9-8-16(15-6-4-14(2)5-7-15)22(24)19(17)10-11-20(18)23(21)25/h14-23H,3-13H2,1-2H3. The van der Waals surface area contributed by atoms with E-state index in [1.807, 2.05) is 6.92 Å². The molecule has 4 aliphatic rings. The molecule has 3 heteroatoms. The van der Waals surface area contributed by atoms with Gasteiger partial charge in [0.05, 0.1) is 6.10 Å². The van der Waals surface area contributed by atoms with Crippen LogP contribution < -0.4 is 0 Å². The Kier molecular flexibility index (Phi) is 5.93. The molecule has 4 aliphatic carbocycles. The van der Waals surface area contributed by atoms with Gasteiger partial charge < -0.3 is 4.74 Å². The summed E-state index contributed by atoms with van der Waals surface area (Å²) >= 11 is 0. The van der Waals surface area contributed by atoms with Gasteiger partial charge in [0.2, 0.25) is 0 Å². The summed E-state index contributed by atoms with van der Waals surface area (Å²) in [5.74, 6) is 2.92. The second kappa shape index (κ2) is 8.05. The van der Waals surface area contributed by atoms with Crippen LogP contribution in [0.4, 0.5) is 8.78 Å². The molecule has 4 fully saturated rings. The van der Waals surface area contributed by atoms with E-state index in [1.54, 1.807) is 0 Å². The van der Waals surface area contributed by atoms with Gasteiger partial charge in [0.1, 0.15) is 12.3 Å². The fourth-order valence-corrected chi connectivity index (χ4v) is 7.35. The van der Waals surface area contributed by atoms with E-state index < -0.39 is 12.3 Å². The number of hydrogen-bond acceptors (Lipinski definition) is 1. The minimum Gasteiger partial charge on any atom is -0.375 e.